The van der Waals surface area contributed by atoms with Crippen molar-refractivity contribution in [3.63, 3.8) is 0 Å². The number of rotatable bonds is 5. The van der Waals surface area contributed by atoms with Gasteiger partial charge >= 0.3 is 0 Å². The third kappa shape index (κ3) is 7.66. The Kier molecular flexibility index (Phi) is 10.2. The van der Waals surface area contributed by atoms with Crippen molar-refractivity contribution in [2.45, 2.75) is 39.4 Å². The van der Waals surface area contributed by atoms with Crippen LogP contribution in [0.1, 0.15) is 26.7 Å². The fourth-order valence-electron chi connectivity index (χ4n) is 5.25. The van der Waals surface area contributed by atoms with Crippen molar-refractivity contribution in [3.8, 4) is 33.6 Å². The minimum absolute atomic E-state index is 0. The van der Waals surface area contributed by atoms with Gasteiger partial charge in [-0.25, -0.2) is 8.78 Å². The Bertz CT molecular complexity index is 2190. The van der Waals surface area contributed by atoms with Gasteiger partial charge in [-0.15, -0.1) is 59.7 Å². The van der Waals surface area contributed by atoms with Crippen LogP contribution in [-0.2, 0) is 20.1 Å². The molecule has 0 aliphatic rings. The van der Waals surface area contributed by atoms with Gasteiger partial charge in [0, 0.05) is 50.2 Å². The van der Waals surface area contributed by atoms with E-state index >= 15 is 0 Å². The number of pyridine rings is 2. The maximum Gasteiger partial charge on any atom is 0.133 e. The summed E-state index contributed by atoms with van der Waals surface area (Å²) in [5, 5.41) is 3.54. The molecule has 3 aromatic heterocycles. The van der Waals surface area contributed by atoms with Gasteiger partial charge in [0.1, 0.15) is 11.6 Å². The minimum atomic E-state index is -1.23. The third-order valence-corrected chi connectivity index (χ3v) is 11.1. The van der Waals surface area contributed by atoms with Crippen LogP contribution in [0.25, 0.3) is 53.8 Å². The first-order valence-electron chi connectivity index (χ1n) is 15.6. The number of fused-ring (bicyclic) bond motifs is 3. The fraction of sp³-hybridized carbons (Fsp3) is 0.150. The van der Waals surface area contributed by atoms with Crippen LogP contribution >= 0.6 is 11.3 Å². The zero-order valence-corrected chi connectivity index (χ0v) is 31.0. The summed E-state index contributed by atoms with van der Waals surface area (Å²) in [6.45, 7) is 10.7. The molecule has 0 unspecified atom stereocenters. The molecule has 0 amide bonds. The van der Waals surface area contributed by atoms with Crippen molar-refractivity contribution < 1.29 is 30.3 Å². The van der Waals surface area contributed by atoms with Gasteiger partial charge < -0.3 is 9.97 Å². The van der Waals surface area contributed by atoms with Crippen LogP contribution in [0.4, 0.5) is 8.78 Å². The van der Waals surface area contributed by atoms with Crippen LogP contribution in [0.2, 0.25) is 19.6 Å². The first kappa shape index (κ1) is 33.0. The van der Waals surface area contributed by atoms with Crippen LogP contribution in [0.15, 0.2) is 109 Å². The van der Waals surface area contributed by atoms with E-state index in [1.54, 1.807) is 17.5 Å². The minimum Gasteiger partial charge on any atom is -0.305 e. The van der Waals surface area contributed by atoms with Crippen LogP contribution in [0, 0.1) is 23.8 Å². The first-order valence-corrected chi connectivity index (χ1v) is 19.4. The van der Waals surface area contributed by atoms with E-state index in [2.05, 4.69) is 53.9 Å². The number of nitrogens with zero attached hydrogens (tertiary/aromatic N) is 2. The maximum atomic E-state index is 14.3. The molecule has 47 heavy (non-hydrogen) atoms. The molecule has 0 fully saturated rings. The molecule has 239 valence electrons. The summed E-state index contributed by atoms with van der Waals surface area (Å²) in [5.41, 5.74) is 5.70. The van der Waals surface area contributed by atoms with Crippen molar-refractivity contribution in [2.24, 2.45) is 0 Å². The molecule has 1 radical (unpaired) electrons. The first-order chi connectivity index (χ1) is 22.4. The van der Waals surface area contributed by atoms with E-state index in [-0.39, 0.29) is 20.1 Å². The van der Waals surface area contributed by atoms with Crippen LogP contribution in [0.5, 0.6) is 0 Å². The molecule has 7 heteroatoms. The van der Waals surface area contributed by atoms with Gasteiger partial charge in [0.15, 0.2) is 0 Å². The van der Waals surface area contributed by atoms with Crippen LogP contribution in [-0.4, -0.2) is 18.0 Å². The van der Waals surface area contributed by atoms with Crippen LogP contribution in [0.3, 0.4) is 0 Å². The van der Waals surface area contributed by atoms with Gasteiger partial charge in [0.2, 0.25) is 0 Å². The quantitative estimate of drug-likeness (QED) is 0.128. The predicted molar refractivity (Wildman–Crippen MR) is 192 cm³/mol. The van der Waals surface area contributed by atoms with Gasteiger partial charge in [0.05, 0.1) is 8.07 Å². The van der Waals surface area contributed by atoms with E-state index in [1.165, 1.54) is 17.3 Å². The van der Waals surface area contributed by atoms with Gasteiger partial charge in [-0.3, -0.25) is 0 Å². The van der Waals surface area contributed by atoms with Crippen molar-refractivity contribution in [3.05, 3.63) is 139 Å². The molecule has 4 aromatic carbocycles. The van der Waals surface area contributed by atoms with Crippen molar-refractivity contribution in [2.75, 3.05) is 0 Å². The molecule has 0 saturated carbocycles. The average Bonchev–Trinajstić information content (AvgIpc) is 3.43. The standard InChI is InChI=1S/C26H18F2NS.C14H16NSi.Ir/c1-15(2)16-10-11-29-24(12-16)22-5-3-4-21-20-8-6-17(13-25(20)30-26(21)22)19-9-7-18(27)14-23(19)28;1-16(2,3)13-9-10-14(15-11-13)12-7-5-4-6-8-12;/h3-4,6-15H,1-2H3;4-7,9-11H,1-3H3;/q2*-1;/i15D;;. The maximum absolute atomic E-state index is 14.3. The van der Waals surface area contributed by atoms with Gasteiger partial charge in [-0.05, 0) is 62.4 Å². The summed E-state index contributed by atoms with van der Waals surface area (Å²) < 4.78 is 38.0. The molecule has 0 spiro atoms. The smallest absolute Gasteiger partial charge is 0.133 e. The van der Waals surface area contributed by atoms with E-state index in [1.807, 2.05) is 86.8 Å². The molecule has 7 rings (SSSR count). The van der Waals surface area contributed by atoms with Gasteiger partial charge in [-0.2, -0.15) is 11.3 Å². The Hall–Kier alpha value is -3.87. The Morgan fingerprint density at radius 2 is 1.64 bits per heavy atom. The van der Waals surface area contributed by atoms with Crippen LogP contribution < -0.4 is 5.19 Å². The average molecular weight is 834 g/mol. The second kappa shape index (κ2) is 14.5. The molecule has 0 saturated heterocycles. The Morgan fingerprint density at radius 3 is 2.32 bits per heavy atom. The van der Waals surface area contributed by atoms with E-state index < -0.39 is 25.6 Å². The summed E-state index contributed by atoms with van der Waals surface area (Å²) in [5.74, 6) is -1.89. The largest absolute Gasteiger partial charge is 0.305 e. The number of benzene rings is 4. The zero-order valence-electron chi connectivity index (χ0n) is 27.8. The monoisotopic (exact) mass is 834 g/mol. The Balaban J connectivity index is 0.000000224. The number of hydrogen-bond acceptors (Lipinski definition) is 3. The molecule has 7 aromatic rings. The Morgan fingerprint density at radius 1 is 0.809 bits per heavy atom. The number of hydrogen-bond donors (Lipinski definition) is 0. The third-order valence-electron chi connectivity index (χ3n) is 7.88. The normalized spacial score (nSPS) is 11.9. The van der Waals surface area contributed by atoms with E-state index in [0.29, 0.717) is 11.1 Å². The summed E-state index contributed by atoms with van der Waals surface area (Å²) in [7, 11) is -1.23. The molecule has 0 aliphatic carbocycles. The number of thiophene rings is 1. The fourth-order valence-corrected chi connectivity index (χ4v) is 7.53. The summed E-state index contributed by atoms with van der Waals surface area (Å²) in [6.07, 6.45) is 3.75. The topological polar surface area (TPSA) is 25.8 Å². The van der Waals surface area contributed by atoms with Crippen molar-refractivity contribution in [1.82, 2.24) is 9.97 Å². The SMILES string of the molecule is C[Si](C)(C)c1ccc(-c2[c-]cccc2)nc1.[2H]C(C)(C)c1ccnc(-c2[c-]ccc3c2sc2cc(-c4ccc(F)cc4F)ccc23)c1.[Ir]. The Labute approximate surface area is 295 Å². The molecule has 3 heterocycles. The summed E-state index contributed by atoms with van der Waals surface area (Å²) >= 11 is 1.60. The molecular formula is C40H34F2IrN2SSi-2. The molecule has 0 atom stereocenters. The molecular weight excluding hydrogens is 799 g/mol. The van der Waals surface area contributed by atoms with E-state index in [0.717, 1.165) is 54.3 Å². The zero-order chi connectivity index (χ0) is 33.3. The number of halogens is 2. The second-order valence-electron chi connectivity index (χ2n) is 12.4. The number of aromatic nitrogens is 2. The van der Waals surface area contributed by atoms with E-state index in [4.69, 9.17) is 1.37 Å². The van der Waals surface area contributed by atoms with E-state index in [9.17, 15) is 8.78 Å². The van der Waals surface area contributed by atoms with Gasteiger partial charge in [0.25, 0.3) is 0 Å². The predicted octanol–water partition coefficient (Wildman–Crippen LogP) is 11.1. The summed E-state index contributed by atoms with van der Waals surface area (Å²) in [6, 6.07) is 35.9. The molecule has 0 aliphatic heterocycles. The van der Waals surface area contributed by atoms with Crippen molar-refractivity contribution >= 4 is 44.8 Å². The molecule has 0 bridgehead atoms. The second-order valence-corrected chi connectivity index (χ2v) is 18.6. The van der Waals surface area contributed by atoms with Gasteiger partial charge in [-0.1, -0.05) is 74.8 Å². The molecule has 0 N–H and O–H groups in total. The molecule has 2 nitrogen and oxygen atoms in total. The van der Waals surface area contributed by atoms with Crippen molar-refractivity contribution in [1.29, 1.82) is 0 Å². The summed E-state index contributed by atoms with van der Waals surface area (Å²) in [4.78, 5) is 9.05.